The van der Waals surface area contributed by atoms with Crippen molar-refractivity contribution in [1.82, 2.24) is 4.90 Å². The molecule has 0 aromatic carbocycles. The van der Waals surface area contributed by atoms with Gasteiger partial charge >= 0.3 is 0 Å². The average molecular weight is 193 g/mol. The van der Waals surface area contributed by atoms with Crippen LogP contribution >= 0.6 is 0 Å². The standard InChI is InChI=1S/C11H19N3/c1-11(13,8-12)4-5-14-7-9-2-3-10(14)6-9/h9-10H,2-7,13H2,1H3. The molecule has 1 heterocycles. The zero-order chi connectivity index (χ0) is 10.2. The predicted molar refractivity (Wildman–Crippen MR) is 55.5 cm³/mol. The number of likely N-dealkylation sites (tertiary alicyclic amines) is 1. The van der Waals surface area contributed by atoms with Gasteiger partial charge < -0.3 is 5.73 Å². The second-order valence-electron chi connectivity index (χ2n) is 5.11. The summed E-state index contributed by atoms with van der Waals surface area (Å²) in [6, 6.07) is 2.96. The third-order valence-electron chi connectivity index (χ3n) is 3.70. The summed E-state index contributed by atoms with van der Waals surface area (Å²) in [4.78, 5) is 2.52. The molecule has 0 radical (unpaired) electrons. The maximum absolute atomic E-state index is 8.81. The Hall–Kier alpha value is -0.590. The molecule has 3 nitrogen and oxygen atoms in total. The summed E-state index contributed by atoms with van der Waals surface area (Å²) in [5.74, 6) is 0.936. The van der Waals surface area contributed by atoms with E-state index in [1.54, 1.807) is 0 Å². The summed E-state index contributed by atoms with van der Waals surface area (Å²) in [6.07, 6.45) is 4.96. The summed E-state index contributed by atoms with van der Waals surface area (Å²) < 4.78 is 0. The van der Waals surface area contributed by atoms with Crippen LogP contribution in [-0.2, 0) is 0 Å². The maximum atomic E-state index is 8.81. The summed E-state index contributed by atoms with van der Waals surface area (Å²) in [5, 5.41) is 8.81. The molecule has 14 heavy (non-hydrogen) atoms. The van der Waals surface area contributed by atoms with Crippen molar-refractivity contribution in [2.75, 3.05) is 13.1 Å². The molecule has 1 saturated carbocycles. The fraction of sp³-hybridized carbons (Fsp3) is 0.909. The van der Waals surface area contributed by atoms with E-state index in [1.165, 1.54) is 25.8 Å². The second kappa shape index (κ2) is 3.52. The molecule has 78 valence electrons. The largest absolute Gasteiger partial charge is 0.314 e. The number of rotatable bonds is 3. The van der Waals surface area contributed by atoms with Gasteiger partial charge in [-0.15, -0.1) is 0 Å². The number of hydrogen-bond donors (Lipinski definition) is 1. The quantitative estimate of drug-likeness (QED) is 0.730. The lowest BCUT2D eigenvalue weighted by Gasteiger charge is -2.28. The Morgan fingerprint density at radius 1 is 1.57 bits per heavy atom. The first-order valence-corrected chi connectivity index (χ1v) is 5.55. The first kappa shape index (κ1) is 9.95. The lowest BCUT2D eigenvalue weighted by atomic mass is 10.0. The average Bonchev–Trinajstić information content (AvgIpc) is 2.76. The molecule has 1 aliphatic heterocycles. The van der Waals surface area contributed by atoms with Crippen LogP contribution in [0.3, 0.4) is 0 Å². The van der Waals surface area contributed by atoms with Crippen molar-refractivity contribution in [3.8, 4) is 6.07 Å². The van der Waals surface area contributed by atoms with Gasteiger partial charge in [0, 0.05) is 19.1 Å². The summed E-state index contributed by atoms with van der Waals surface area (Å²) in [5.41, 5.74) is 5.17. The van der Waals surface area contributed by atoms with E-state index in [4.69, 9.17) is 11.0 Å². The molecule has 3 unspecified atom stereocenters. The number of nitrogens with two attached hydrogens (primary N) is 1. The van der Waals surface area contributed by atoms with Crippen molar-refractivity contribution in [2.24, 2.45) is 11.7 Å². The Labute approximate surface area is 85.9 Å². The zero-order valence-electron chi connectivity index (χ0n) is 8.87. The molecule has 3 atom stereocenters. The normalized spacial score (nSPS) is 35.5. The molecule has 2 N–H and O–H groups in total. The van der Waals surface area contributed by atoms with Gasteiger partial charge in [-0.2, -0.15) is 5.26 Å². The van der Waals surface area contributed by atoms with E-state index >= 15 is 0 Å². The minimum atomic E-state index is -0.637. The topological polar surface area (TPSA) is 53.1 Å². The Morgan fingerprint density at radius 2 is 2.36 bits per heavy atom. The molecule has 2 fully saturated rings. The Kier molecular flexibility index (Phi) is 2.50. The minimum absolute atomic E-state index is 0.637. The van der Waals surface area contributed by atoms with E-state index in [9.17, 15) is 0 Å². The van der Waals surface area contributed by atoms with Crippen LogP contribution in [0.2, 0.25) is 0 Å². The van der Waals surface area contributed by atoms with E-state index in [2.05, 4.69) is 11.0 Å². The summed E-state index contributed by atoms with van der Waals surface area (Å²) in [6.45, 7) is 4.06. The van der Waals surface area contributed by atoms with Gasteiger partial charge in [-0.05, 0) is 38.5 Å². The highest BCUT2D eigenvalue weighted by Crippen LogP contribution is 2.37. The van der Waals surface area contributed by atoms with Crippen molar-refractivity contribution in [1.29, 1.82) is 5.26 Å². The van der Waals surface area contributed by atoms with E-state index in [-0.39, 0.29) is 0 Å². The van der Waals surface area contributed by atoms with Crippen molar-refractivity contribution < 1.29 is 0 Å². The lowest BCUT2D eigenvalue weighted by Crippen LogP contribution is -2.41. The summed E-state index contributed by atoms with van der Waals surface area (Å²) in [7, 11) is 0. The third kappa shape index (κ3) is 1.92. The second-order valence-corrected chi connectivity index (χ2v) is 5.11. The van der Waals surface area contributed by atoms with Gasteiger partial charge in [-0.3, -0.25) is 4.90 Å². The van der Waals surface area contributed by atoms with E-state index in [1.807, 2.05) is 6.92 Å². The molecule has 0 spiro atoms. The Morgan fingerprint density at radius 3 is 2.86 bits per heavy atom. The fourth-order valence-electron chi connectivity index (χ4n) is 2.73. The van der Waals surface area contributed by atoms with Crippen LogP contribution in [0.1, 0.15) is 32.6 Å². The van der Waals surface area contributed by atoms with Gasteiger partial charge in [0.25, 0.3) is 0 Å². The van der Waals surface area contributed by atoms with E-state index in [0.29, 0.717) is 0 Å². The molecule has 2 bridgehead atoms. The monoisotopic (exact) mass is 193 g/mol. The molecule has 0 aromatic heterocycles. The van der Waals surface area contributed by atoms with Gasteiger partial charge in [0.1, 0.15) is 5.54 Å². The highest BCUT2D eigenvalue weighted by molar-refractivity contribution is 5.02. The van der Waals surface area contributed by atoms with Crippen molar-refractivity contribution in [3.63, 3.8) is 0 Å². The lowest BCUT2D eigenvalue weighted by molar-refractivity contribution is 0.202. The minimum Gasteiger partial charge on any atom is -0.314 e. The number of nitriles is 1. The zero-order valence-corrected chi connectivity index (χ0v) is 8.87. The maximum Gasteiger partial charge on any atom is 0.102 e. The molecule has 2 aliphatic rings. The van der Waals surface area contributed by atoms with Gasteiger partial charge in [-0.1, -0.05) is 0 Å². The van der Waals surface area contributed by atoms with Gasteiger partial charge in [0.2, 0.25) is 0 Å². The van der Waals surface area contributed by atoms with Gasteiger partial charge in [0.05, 0.1) is 6.07 Å². The van der Waals surface area contributed by atoms with Crippen LogP contribution in [0.15, 0.2) is 0 Å². The molecule has 2 rings (SSSR count). The summed E-state index contributed by atoms with van der Waals surface area (Å²) >= 11 is 0. The van der Waals surface area contributed by atoms with Gasteiger partial charge in [-0.25, -0.2) is 0 Å². The Balaban J connectivity index is 1.80. The first-order valence-electron chi connectivity index (χ1n) is 5.55. The molecule has 1 aliphatic carbocycles. The van der Waals surface area contributed by atoms with E-state index < -0.39 is 5.54 Å². The molecule has 3 heteroatoms. The van der Waals surface area contributed by atoms with Crippen LogP contribution in [-0.4, -0.2) is 29.6 Å². The highest BCUT2D eigenvalue weighted by Gasteiger charge is 2.37. The highest BCUT2D eigenvalue weighted by atomic mass is 15.2. The molecule has 0 aromatic rings. The predicted octanol–water partition coefficient (Wildman–Crippen LogP) is 1.10. The van der Waals surface area contributed by atoms with E-state index in [0.717, 1.165) is 24.9 Å². The number of fused-ring (bicyclic) bond motifs is 2. The molecular formula is C11H19N3. The molecule has 0 amide bonds. The van der Waals surface area contributed by atoms with Crippen LogP contribution in [0.25, 0.3) is 0 Å². The van der Waals surface area contributed by atoms with Crippen LogP contribution in [0.5, 0.6) is 0 Å². The third-order valence-corrected chi connectivity index (χ3v) is 3.70. The Bertz CT molecular complexity index is 254. The first-order chi connectivity index (χ1) is 6.61. The fourth-order valence-corrected chi connectivity index (χ4v) is 2.73. The smallest absolute Gasteiger partial charge is 0.102 e. The van der Waals surface area contributed by atoms with Crippen LogP contribution in [0, 0.1) is 17.2 Å². The number of nitrogens with zero attached hydrogens (tertiary/aromatic N) is 2. The number of hydrogen-bond acceptors (Lipinski definition) is 3. The molecule has 1 saturated heterocycles. The number of piperidine rings is 1. The SMILES string of the molecule is CC(N)(C#N)CCN1CC2CCC1C2. The molecular weight excluding hydrogens is 174 g/mol. The van der Waals surface area contributed by atoms with Crippen molar-refractivity contribution in [3.05, 3.63) is 0 Å². The van der Waals surface area contributed by atoms with Crippen molar-refractivity contribution in [2.45, 2.75) is 44.2 Å². The van der Waals surface area contributed by atoms with Crippen molar-refractivity contribution >= 4 is 0 Å². The van der Waals surface area contributed by atoms with Gasteiger partial charge in [0.15, 0.2) is 0 Å². The van der Waals surface area contributed by atoms with Crippen LogP contribution in [0.4, 0.5) is 0 Å². The van der Waals surface area contributed by atoms with Crippen LogP contribution < -0.4 is 5.73 Å².